The molecule has 1 heterocycles. The van der Waals surface area contributed by atoms with E-state index in [0.29, 0.717) is 13.0 Å². The lowest BCUT2D eigenvalue weighted by atomic mass is 10.0. The van der Waals surface area contributed by atoms with Gasteiger partial charge in [0.05, 0.1) is 0 Å². The third kappa shape index (κ3) is 1.69. The molecular formula is C9H11ClFN. The summed E-state index contributed by atoms with van der Waals surface area (Å²) < 4.78 is 12.8. The number of alkyl halides is 1. The Bertz CT molecular complexity index is 264. The van der Waals surface area contributed by atoms with E-state index >= 15 is 0 Å². The molecule has 66 valence electrons. The Morgan fingerprint density at radius 3 is 2.92 bits per heavy atom. The third-order valence-corrected chi connectivity index (χ3v) is 1.97. The fourth-order valence-electron chi connectivity index (χ4n) is 1.40. The van der Waals surface area contributed by atoms with Crippen LogP contribution in [0.1, 0.15) is 5.56 Å². The normalized spacial score (nSPS) is 20.2. The van der Waals surface area contributed by atoms with Crippen LogP contribution in [0.2, 0.25) is 0 Å². The minimum Gasteiger partial charge on any atom is -0.382 e. The minimum atomic E-state index is -0.718. The summed E-state index contributed by atoms with van der Waals surface area (Å²) in [5, 5.41) is 3.04. The second-order valence-corrected chi connectivity index (χ2v) is 2.84. The molecule has 1 aliphatic rings. The van der Waals surface area contributed by atoms with Crippen molar-refractivity contribution in [3.05, 3.63) is 29.8 Å². The third-order valence-electron chi connectivity index (χ3n) is 1.97. The summed E-state index contributed by atoms with van der Waals surface area (Å²) in [6.07, 6.45) is -0.159. The summed E-state index contributed by atoms with van der Waals surface area (Å²) in [5.74, 6) is 0. The molecule has 0 saturated carbocycles. The minimum absolute atomic E-state index is 0. The van der Waals surface area contributed by atoms with Crippen LogP contribution in [0.5, 0.6) is 0 Å². The first kappa shape index (κ1) is 9.33. The van der Waals surface area contributed by atoms with Crippen LogP contribution in [-0.2, 0) is 6.42 Å². The van der Waals surface area contributed by atoms with Gasteiger partial charge in [0.25, 0.3) is 0 Å². The molecule has 1 N–H and O–H groups in total. The Labute approximate surface area is 77.4 Å². The van der Waals surface area contributed by atoms with Gasteiger partial charge in [0, 0.05) is 18.7 Å². The summed E-state index contributed by atoms with van der Waals surface area (Å²) >= 11 is 0. The van der Waals surface area contributed by atoms with E-state index in [0.717, 1.165) is 11.3 Å². The highest BCUT2D eigenvalue weighted by atomic mass is 35.5. The topological polar surface area (TPSA) is 12.0 Å². The molecule has 1 atom stereocenters. The molecule has 0 radical (unpaired) electrons. The lowest BCUT2D eigenvalue weighted by Crippen LogP contribution is -2.23. The smallest absolute Gasteiger partial charge is 0.121 e. The number of nitrogens with one attached hydrogen (secondary N) is 1. The highest BCUT2D eigenvalue weighted by Crippen LogP contribution is 2.21. The van der Waals surface area contributed by atoms with Crippen LogP contribution in [0.3, 0.4) is 0 Å². The standard InChI is InChI=1S/C9H10FN.ClH/c10-8-5-7-3-1-2-4-9(7)11-6-8;/h1-4,8,11H,5-6H2;1H. The van der Waals surface area contributed by atoms with Crippen molar-refractivity contribution < 1.29 is 4.39 Å². The van der Waals surface area contributed by atoms with Crippen LogP contribution in [0.15, 0.2) is 24.3 Å². The molecule has 3 heteroatoms. The van der Waals surface area contributed by atoms with Crippen molar-refractivity contribution in [3.63, 3.8) is 0 Å². The molecule has 1 unspecified atom stereocenters. The van der Waals surface area contributed by atoms with E-state index in [1.807, 2.05) is 24.3 Å². The molecule has 0 saturated heterocycles. The summed E-state index contributed by atoms with van der Waals surface area (Å²) in [6.45, 7) is 0.455. The predicted molar refractivity (Wildman–Crippen MR) is 50.8 cm³/mol. The van der Waals surface area contributed by atoms with Crippen LogP contribution in [-0.4, -0.2) is 12.7 Å². The number of halogens is 2. The van der Waals surface area contributed by atoms with Crippen LogP contribution >= 0.6 is 12.4 Å². The van der Waals surface area contributed by atoms with Crippen molar-refractivity contribution in [2.45, 2.75) is 12.6 Å². The molecule has 0 spiro atoms. The lowest BCUT2D eigenvalue weighted by Gasteiger charge is -2.20. The molecule has 1 nitrogen and oxygen atoms in total. The van der Waals surface area contributed by atoms with E-state index in [9.17, 15) is 4.39 Å². The van der Waals surface area contributed by atoms with Gasteiger partial charge in [0.2, 0.25) is 0 Å². The average molecular weight is 188 g/mol. The molecule has 2 rings (SSSR count). The van der Waals surface area contributed by atoms with Crippen molar-refractivity contribution in [2.24, 2.45) is 0 Å². The number of para-hydroxylation sites is 1. The summed E-state index contributed by atoms with van der Waals surface area (Å²) in [5.41, 5.74) is 2.17. The molecule has 1 aliphatic heterocycles. The second-order valence-electron chi connectivity index (χ2n) is 2.84. The van der Waals surface area contributed by atoms with Crippen molar-refractivity contribution in [2.75, 3.05) is 11.9 Å². The monoisotopic (exact) mass is 187 g/mol. The van der Waals surface area contributed by atoms with Crippen LogP contribution in [0, 0.1) is 0 Å². The Hall–Kier alpha value is -0.760. The fraction of sp³-hybridized carbons (Fsp3) is 0.333. The van der Waals surface area contributed by atoms with Gasteiger partial charge < -0.3 is 5.32 Å². The quantitative estimate of drug-likeness (QED) is 0.658. The number of hydrogen-bond acceptors (Lipinski definition) is 1. The van der Waals surface area contributed by atoms with Gasteiger partial charge in [0.15, 0.2) is 0 Å². The van der Waals surface area contributed by atoms with Gasteiger partial charge in [-0.25, -0.2) is 4.39 Å². The largest absolute Gasteiger partial charge is 0.382 e. The first-order chi connectivity index (χ1) is 5.36. The molecule has 0 aliphatic carbocycles. The highest BCUT2D eigenvalue weighted by molar-refractivity contribution is 5.85. The number of benzene rings is 1. The Kier molecular flexibility index (Phi) is 2.93. The van der Waals surface area contributed by atoms with Gasteiger partial charge in [0.1, 0.15) is 6.17 Å². The fourth-order valence-corrected chi connectivity index (χ4v) is 1.40. The van der Waals surface area contributed by atoms with Gasteiger partial charge in [-0.3, -0.25) is 0 Å². The van der Waals surface area contributed by atoms with Crippen molar-refractivity contribution in [1.29, 1.82) is 0 Å². The first-order valence-corrected chi connectivity index (χ1v) is 3.82. The van der Waals surface area contributed by atoms with E-state index in [1.165, 1.54) is 0 Å². The van der Waals surface area contributed by atoms with E-state index < -0.39 is 6.17 Å². The van der Waals surface area contributed by atoms with Crippen LogP contribution < -0.4 is 5.32 Å². The maximum absolute atomic E-state index is 12.8. The summed E-state index contributed by atoms with van der Waals surface area (Å²) in [7, 11) is 0. The van der Waals surface area contributed by atoms with E-state index in [2.05, 4.69) is 5.32 Å². The molecule has 0 aromatic heterocycles. The van der Waals surface area contributed by atoms with E-state index in [1.54, 1.807) is 0 Å². The highest BCUT2D eigenvalue weighted by Gasteiger charge is 2.15. The Morgan fingerprint density at radius 1 is 1.33 bits per heavy atom. The zero-order valence-corrected chi connectivity index (χ0v) is 7.40. The predicted octanol–water partition coefficient (Wildman–Crippen LogP) is 2.41. The zero-order chi connectivity index (χ0) is 7.68. The average Bonchev–Trinajstić information content (AvgIpc) is 2.04. The molecule has 12 heavy (non-hydrogen) atoms. The second kappa shape index (κ2) is 3.76. The summed E-state index contributed by atoms with van der Waals surface area (Å²) in [4.78, 5) is 0. The van der Waals surface area contributed by atoms with Gasteiger partial charge in [-0.1, -0.05) is 18.2 Å². The number of rotatable bonds is 0. The number of hydrogen-bond donors (Lipinski definition) is 1. The number of anilines is 1. The Morgan fingerprint density at radius 2 is 2.08 bits per heavy atom. The maximum atomic E-state index is 12.8. The maximum Gasteiger partial charge on any atom is 0.121 e. The lowest BCUT2D eigenvalue weighted by molar-refractivity contribution is 0.342. The van der Waals surface area contributed by atoms with Crippen molar-refractivity contribution in [1.82, 2.24) is 0 Å². The number of fused-ring (bicyclic) bond motifs is 1. The van der Waals surface area contributed by atoms with Gasteiger partial charge >= 0.3 is 0 Å². The van der Waals surface area contributed by atoms with E-state index in [4.69, 9.17) is 0 Å². The van der Waals surface area contributed by atoms with Crippen LogP contribution in [0.25, 0.3) is 0 Å². The summed E-state index contributed by atoms with van der Waals surface area (Å²) in [6, 6.07) is 7.86. The molecule has 1 aromatic rings. The van der Waals surface area contributed by atoms with Crippen LogP contribution in [0.4, 0.5) is 10.1 Å². The zero-order valence-electron chi connectivity index (χ0n) is 6.59. The van der Waals surface area contributed by atoms with Crippen molar-refractivity contribution >= 4 is 18.1 Å². The molecular weight excluding hydrogens is 177 g/mol. The van der Waals surface area contributed by atoms with Gasteiger partial charge in [-0.05, 0) is 11.6 Å². The molecule has 0 fully saturated rings. The first-order valence-electron chi connectivity index (χ1n) is 3.82. The molecule has 0 amide bonds. The molecule has 1 aromatic carbocycles. The molecule has 0 bridgehead atoms. The Balaban J connectivity index is 0.000000720. The van der Waals surface area contributed by atoms with Gasteiger partial charge in [-0.2, -0.15) is 0 Å². The SMILES string of the molecule is Cl.FC1CNc2ccccc2C1. The van der Waals surface area contributed by atoms with Crippen molar-refractivity contribution in [3.8, 4) is 0 Å². The van der Waals surface area contributed by atoms with E-state index in [-0.39, 0.29) is 12.4 Å². The van der Waals surface area contributed by atoms with Gasteiger partial charge in [-0.15, -0.1) is 12.4 Å².